The van der Waals surface area contributed by atoms with Crippen LogP contribution in [0.3, 0.4) is 0 Å². The SMILES string of the molecule is CNS(=O)(=O)c1ccc2c(c1)OC(C)(C)C(=O)N2c1ccc(Br)cc1. The van der Waals surface area contributed by atoms with Crippen LogP contribution in [0.5, 0.6) is 5.75 Å². The van der Waals surface area contributed by atoms with Crippen LogP contribution < -0.4 is 14.4 Å². The van der Waals surface area contributed by atoms with Crippen molar-refractivity contribution in [2.24, 2.45) is 0 Å². The lowest BCUT2D eigenvalue weighted by molar-refractivity contribution is -0.131. The molecule has 0 unspecified atom stereocenters. The number of nitrogens with one attached hydrogen (secondary N) is 1. The number of benzene rings is 2. The number of hydrogen-bond acceptors (Lipinski definition) is 4. The zero-order chi connectivity index (χ0) is 18.4. The van der Waals surface area contributed by atoms with E-state index in [1.165, 1.54) is 19.2 Å². The lowest BCUT2D eigenvalue weighted by atomic mass is 10.0. The molecule has 132 valence electrons. The van der Waals surface area contributed by atoms with Crippen molar-refractivity contribution in [1.82, 2.24) is 4.72 Å². The molecule has 8 heteroatoms. The number of hydrogen-bond donors (Lipinski definition) is 1. The number of fused-ring (bicyclic) bond motifs is 1. The Bertz CT molecular complexity index is 940. The first-order chi connectivity index (χ1) is 11.7. The second-order valence-electron chi connectivity index (χ2n) is 6.07. The molecule has 3 rings (SSSR count). The number of amides is 1. The summed E-state index contributed by atoms with van der Waals surface area (Å²) < 4.78 is 33.1. The predicted molar refractivity (Wildman–Crippen MR) is 98.7 cm³/mol. The molecule has 0 spiro atoms. The third-order valence-corrected chi connectivity index (χ3v) is 5.86. The van der Waals surface area contributed by atoms with Gasteiger partial charge in [0.15, 0.2) is 5.60 Å². The van der Waals surface area contributed by atoms with Gasteiger partial charge in [-0.25, -0.2) is 13.1 Å². The number of nitrogens with zero attached hydrogens (tertiary/aromatic N) is 1. The minimum absolute atomic E-state index is 0.0784. The highest BCUT2D eigenvalue weighted by Crippen LogP contribution is 2.43. The van der Waals surface area contributed by atoms with E-state index in [2.05, 4.69) is 20.7 Å². The van der Waals surface area contributed by atoms with Crippen LogP contribution in [0.2, 0.25) is 0 Å². The molecule has 0 aromatic heterocycles. The lowest BCUT2D eigenvalue weighted by Gasteiger charge is -2.38. The van der Waals surface area contributed by atoms with Crippen molar-refractivity contribution in [3.8, 4) is 5.75 Å². The number of sulfonamides is 1. The topological polar surface area (TPSA) is 75.7 Å². The van der Waals surface area contributed by atoms with Crippen LogP contribution in [0, 0.1) is 0 Å². The van der Waals surface area contributed by atoms with Crippen LogP contribution in [0.15, 0.2) is 51.8 Å². The third-order valence-electron chi connectivity index (χ3n) is 3.92. The first-order valence-electron chi connectivity index (χ1n) is 7.52. The van der Waals surface area contributed by atoms with Crippen molar-refractivity contribution in [1.29, 1.82) is 0 Å². The number of anilines is 2. The summed E-state index contributed by atoms with van der Waals surface area (Å²) in [6.07, 6.45) is 0. The second kappa shape index (κ2) is 6.12. The molecule has 0 saturated heterocycles. The minimum atomic E-state index is -3.61. The van der Waals surface area contributed by atoms with Gasteiger partial charge in [0, 0.05) is 16.2 Å². The largest absolute Gasteiger partial charge is 0.476 e. The maximum absolute atomic E-state index is 12.9. The molecule has 1 aliphatic heterocycles. The van der Waals surface area contributed by atoms with Gasteiger partial charge >= 0.3 is 0 Å². The fraction of sp³-hybridized carbons (Fsp3) is 0.235. The maximum Gasteiger partial charge on any atom is 0.275 e. The van der Waals surface area contributed by atoms with Gasteiger partial charge in [0.25, 0.3) is 5.91 Å². The van der Waals surface area contributed by atoms with Crippen LogP contribution >= 0.6 is 15.9 Å². The highest BCUT2D eigenvalue weighted by atomic mass is 79.9. The fourth-order valence-corrected chi connectivity index (χ4v) is 3.60. The molecule has 0 atom stereocenters. The predicted octanol–water partition coefficient (Wildman–Crippen LogP) is 3.19. The molecule has 25 heavy (non-hydrogen) atoms. The van der Waals surface area contributed by atoms with Crippen LogP contribution in [0.4, 0.5) is 11.4 Å². The molecule has 0 radical (unpaired) electrons. The molecular weight excluding hydrogens is 408 g/mol. The van der Waals surface area contributed by atoms with E-state index in [0.29, 0.717) is 17.1 Å². The van der Waals surface area contributed by atoms with E-state index in [0.717, 1.165) is 4.47 Å². The number of rotatable bonds is 3. The minimum Gasteiger partial charge on any atom is -0.476 e. The van der Waals surface area contributed by atoms with E-state index in [1.807, 2.05) is 24.3 Å². The summed E-state index contributed by atoms with van der Waals surface area (Å²) in [5.74, 6) is 0.107. The number of ether oxygens (including phenoxy) is 1. The van der Waals surface area contributed by atoms with Crippen molar-refractivity contribution < 1.29 is 17.9 Å². The van der Waals surface area contributed by atoms with E-state index in [9.17, 15) is 13.2 Å². The Morgan fingerprint density at radius 3 is 2.36 bits per heavy atom. The van der Waals surface area contributed by atoms with Gasteiger partial charge in [0.1, 0.15) is 5.75 Å². The molecule has 1 heterocycles. The Hall–Kier alpha value is -1.90. The first kappa shape index (κ1) is 17.9. The van der Waals surface area contributed by atoms with Gasteiger partial charge in [-0.15, -0.1) is 0 Å². The molecule has 2 aromatic rings. The highest BCUT2D eigenvalue weighted by molar-refractivity contribution is 9.10. The van der Waals surface area contributed by atoms with E-state index in [-0.39, 0.29) is 10.8 Å². The molecule has 1 N–H and O–H groups in total. The summed E-state index contributed by atoms with van der Waals surface area (Å²) in [5.41, 5.74) is 0.0546. The summed E-state index contributed by atoms with van der Waals surface area (Å²) in [6.45, 7) is 3.31. The van der Waals surface area contributed by atoms with E-state index in [1.54, 1.807) is 24.8 Å². The number of carbonyl (C=O) groups excluding carboxylic acids is 1. The molecule has 1 amide bonds. The molecule has 0 bridgehead atoms. The van der Waals surface area contributed by atoms with Crippen LogP contribution in [-0.4, -0.2) is 27.0 Å². The fourth-order valence-electron chi connectivity index (χ4n) is 2.59. The van der Waals surface area contributed by atoms with E-state index < -0.39 is 15.6 Å². The average Bonchev–Trinajstić information content (AvgIpc) is 2.56. The van der Waals surface area contributed by atoms with Crippen LogP contribution in [0.1, 0.15) is 13.8 Å². The van der Waals surface area contributed by atoms with Crippen molar-refractivity contribution in [3.05, 3.63) is 46.9 Å². The van der Waals surface area contributed by atoms with Gasteiger partial charge in [0.2, 0.25) is 10.0 Å². The van der Waals surface area contributed by atoms with Crippen molar-refractivity contribution in [3.63, 3.8) is 0 Å². The summed E-state index contributed by atoms with van der Waals surface area (Å²) in [4.78, 5) is 14.5. The van der Waals surface area contributed by atoms with Crippen LogP contribution in [0.25, 0.3) is 0 Å². The summed E-state index contributed by atoms with van der Waals surface area (Å²) in [6, 6.07) is 11.8. The molecule has 0 saturated carbocycles. The Kier molecular flexibility index (Phi) is 4.38. The smallest absolute Gasteiger partial charge is 0.275 e. The standard InChI is InChI=1S/C17H17BrN2O4S/c1-17(2)16(21)20(12-6-4-11(18)5-7-12)14-9-8-13(10-15(14)24-17)25(22,23)19-3/h4-10,19H,1-3H3. The Balaban J connectivity index is 2.18. The highest BCUT2D eigenvalue weighted by Gasteiger charge is 2.42. The second-order valence-corrected chi connectivity index (χ2v) is 8.87. The summed E-state index contributed by atoms with van der Waals surface area (Å²) >= 11 is 3.38. The Morgan fingerprint density at radius 1 is 1.12 bits per heavy atom. The number of halogens is 1. The van der Waals surface area contributed by atoms with Crippen molar-refractivity contribution >= 4 is 43.2 Å². The number of carbonyl (C=O) groups is 1. The normalized spacial score (nSPS) is 16.3. The zero-order valence-corrected chi connectivity index (χ0v) is 16.3. The summed E-state index contributed by atoms with van der Waals surface area (Å²) in [7, 11) is -2.27. The molecule has 0 aliphatic carbocycles. The van der Waals surface area contributed by atoms with Crippen LogP contribution in [-0.2, 0) is 14.8 Å². The van der Waals surface area contributed by atoms with Gasteiger partial charge < -0.3 is 4.74 Å². The van der Waals surface area contributed by atoms with E-state index in [4.69, 9.17) is 4.74 Å². The first-order valence-corrected chi connectivity index (χ1v) is 9.80. The average molecular weight is 425 g/mol. The van der Waals surface area contributed by atoms with Gasteiger partial charge in [-0.1, -0.05) is 15.9 Å². The lowest BCUT2D eigenvalue weighted by Crippen LogP contribution is -2.50. The molecular formula is C17H17BrN2O4S. The third kappa shape index (κ3) is 3.17. The van der Waals surface area contributed by atoms with Crippen molar-refractivity contribution in [2.75, 3.05) is 11.9 Å². The van der Waals surface area contributed by atoms with Gasteiger partial charge in [-0.2, -0.15) is 0 Å². The monoisotopic (exact) mass is 424 g/mol. The Morgan fingerprint density at radius 2 is 1.76 bits per heavy atom. The summed E-state index contributed by atoms with van der Waals surface area (Å²) in [5, 5.41) is 0. The zero-order valence-electron chi connectivity index (χ0n) is 13.9. The quantitative estimate of drug-likeness (QED) is 0.820. The Labute approximate surface area is 155 Å². The molecule has 6 nitrogen and oxygen atoms in total. The molecule has 0 fully saturated rings. The maximum atomic E-state index is 12.9. The van der Waals surface area contributed by atoms with Crippen molar-refractivity contribution in [2.45, 2.75) is 24.3 Å². The van der Waals surface area contributed by atoms with Gasteiger partial charge in [-0.05, 0) is 57.3 Å². The molecule has 2 aromatic carbocycles. The molecule has 1 aliphatic rings. The van der Waals surface area contributed by atoms with E-state index >= 15 is 0 Å². The van der Waals surface area contributed by atoms with Gasteiger partial charge in [0.05, 0.1) is 10.6 Å². The van der Waals surface area contributed by atoms with Gasteiger partial charge in [-0.3, -0.25) is 9.69 Å².